The van der Waals surface area contributed by atoms with Crippen LogP contribution in [0.3, 0.4) is 0 Å². The van der Waals surface area contributed by atoms with Crippen molar-refractivity contribution in [3.8, 4) is 0 Å². The number of rotatable bonds is 16. The number of amides is 4. The van der Waals surface area contributed by atoms with Gasteiger partial charge in [-0.1, -0.05) is 27.7 Å². The molecule has 0 atom stereocenters. The fourth-order valence-electron chi connectivity index (χ4n) is 2.05. The Morgan fingerprint density at radius 2 is 0.971 bits per heavy atom. The summed E-state index contributed by atoms with van der Waals surface area (Å²) < 4.78 is 9.79. The van der Waals surface area contributed by atoms with E-state index in [2.05, 4.69) is 21.3 Å². The Kier molecular flexibility index (Phi) is 16.2. The minimum absolute atomic E-state index is 0.0359. The highest BCUT2D eigenvalue weighted by Gasteiger charge is 2.09. The quantitative estimate of drug-likeness (QED) is 0.125. The van der Waals surface area contributed by atoms with Crippen molar-refractivity contribution in [1.29, 1.82) is 0 Å². The van der Waals surface area contributed by atoms with Gasteiger partial charge in [0.15, 0.2) is 0 Å². The number of esters is 2. The van der Waals surface area contributed by atoms with E-state index in [4.69, 9.17) is 9.47 Å². The molecule has 0 radical (unpaired) electrons. The smallest absolute Gasteiger partial charge is 0.331 e. The van der Waals surface area contributed by atoms with Gasteiger partial charge in [0.1, 0.15) is 0 Å². The molecular formula is C22H36N4O8. The number of nitrogens with one attached hydrogen (secondary N) is 4. The van der Waals surface area contributed by atoms with Crippen LogP contribution in [0.25, 0.3) is 0 Å². The Bertz CT molecular complexity index is 674. The lowest BCUT2D eigenvalue weighted by Gasteiger charge is -2.08. The highest BCUT2D eigenvalue weighted by molar-refractivity contribution is 5.91. The molecule has 0 saturated carbocycles. The molecule has 34 heavy (non-hydrogen) atoms. The Balaban J connectivity index is 3.77. The van der Waals surface area contributed by atoms with Gasteiger partial charge in [-0.2, -0.15) is 0 Å². The van der Waals surface area contributed by atoms with Crippen LogP contribution in [-0.4, -0.2) is 75.0 Å². The monoisotopic (exact) mass is 484 g/mol. The highest BCUT2D eigenvalue weighted by atomic mass is 16.5. The molecule has 0 spiro atoms. The average molecular weight is 485 g/mol. The fraction of sp³-hybridized carbons (Fsp3) is 0.636. The molecule has 0 fully saturated rings. The first-order valence-electron chi connectivity index (χ1n) is 11.1. The van der Waals surface area contributed by atoms with E-state index in [1.54, 1.807) is 27.7 Å². The molecule has 0 aliphatic heterocycles. The van der Waals surface area contributed by atoms with Gasteiger partial charge in [0.2, 0.25) is 23.6 Å². The maximum Gasteiger partial charge on any atom is 0.331 e. The Morgan fingerprint density at radius 3 is 1.29 bits per heavy atom. The lowest BCUT2D eigenvalue weighted by atomic mass is 10.2. The van der Waals surface area contributed by atoms with Gasteiger partial charge in [0.25, 0.3) is 0 Å². The van der Waals surface area contributed by atoms with Gasteiger partial charge < -0.3 is 30.7 Å². The van der Waals surface area contributed by atoms with Crippen molar-refractivity contribution in [2.45, 2.75) is 40.5 Å². The van der Waals surface area contributed by atoms with E-state index in [1.807, 2.05) is 0 Å². The van der Waals surface area contributed by atoms with Crippen LogP contribution in [0.5, 0.6) is 0 Å². The second-order valence-electron chi connectivity index (χ2n) is 7.82. The number of hydrogen-bond acceptors (Lipinski definition) is 8. The summed E-state index contributed by atoms with van der Waals surface area (Å²) in [6.07, 6.45) is 2.59. The number of ether oxygens (including phenoxy) is 2. The molecule has 192 valence electrons. The summed E-state index contributed by atoms with van der Waals surface area (Å²) in [5.41, 5.74) is 0. The molecule has 4 amide bonds. The first kappa shape index (κ1) is 30.6. The molecule has 12 heteroatoms. The molecule has 0 aliphatic carbocycles. The normalized spacial score (nSPS) is 10.6. The van der Waals surface area contributed by atoms with E-state index in [1.165, 1.54) is 0 Å². The number of hydrogen-bond donors (Lipinski definition) is 4. The van der Waals surface area contributed by atoms with Crippen molar-refractivity contribution in [2.75, 3.05) is 39.4 Å². The van der Waals surface area contributed by atoms with Crippen LogP contribution in [0.2, 0.25) is 0 Å². The molecule has 0 heterocycles. The van der Waals surface area contributed by atoms with Gasteiger partial charge in [-0.3, -0.25) is 19.2 Å². The summed E-state index contributed by atoms with van der Waals surface area (Å²) in [5.74, 6) is -3.01. The number of carbonyl (C=O) groups is 6. The van der Waals surface area contributed by atoms with Crippen molar-refractivity contribution < 1.29 is 38.2 Å². The van der Waals surface area contributed by atoms with Gasteiger partial charge >= 0.3 is 11.9 Å². The molecule has 0 aromatic rings. The molecule has 0 unspecified atom stereocenters. The van der Waals surface area contributed by atoms with E-state index in [9.17, 15) is 28.8 Å². The minimum atomic E-state index is -0.733. The second kappa shape index (κ2) is 18.0. The van der Waals surface area contributed by atoms with E-state index >= 15 is 0 Å². The van der Waals surface area contributed by atoms with Crippen molar-refractivity contribution in [2.24, 2.45) is 11.8 Å². The van der Waals surface area contributed by atoms with E-state index < -0.39 is 11.9 Å². The summed E-state index contributed by atoms with van der Waals surface area (Å²) in [4.78, 5) is 68.9. The molecule has 12 nitrogen and oxygen atoms in total. The summed E-state index contributed by atoms with van der Waals surface area (Å²) >= 11 is 0. The topological polar surface area (TPSA) is 169 Å². The summed E-state index contributed by atoms with van der Waals surface area (Å²) in [7, 11) is 0. The Labute approximate surface area is 199 Å². The van der Waals surface area contributed by atoms with Crippen molar-refractivity contribution in [3.05, 3.63) is 12.2 Å². The summed E-state index contributed by atoms with van der Waals surface area (Å²) in [6.45, 7) is 7.23. The van der Waals surface area contributed by atoms with Crippen LogP contribution in [0, 0.1) is 11.8 Å². The van der Waals surface area contributed by atoms with Crippen LogP contribution in [0.4, 0.5) is 0 Å². The van der Waals surface area contributed by atoms with Crippen LogP contribution in [-0.2, 0) is 38.2 Å². The Hall–Kier alpha value is -3.44. The first-order valence-corrected chi connectivity index (χ1v) is 11.1. The maximum atomic E-state index is 11.6. The zero-order chi connectivity index (χ0) is 25.9. The van der Waals surface area contributed by atoms with Crippen molar-refractivity contribution in [1.82, 2.24) is 21.3 Å². The van der Waals surface area contributed by atoms with Crippen molar-refractivity contribution >= 4 is 35.6 Å². The predicted molar refractivity (Wildman–Crippen MR) is 122 cm³/mol. The third kappa shape index (κ3) is 17.2. The van der Waals surface area contributed by atoms with Crippen LogP contribution in [0.1, 0.15) is 40.5 Å². The van der Waals surface area contributed by atoms with E-state index in [0.29, 0.717) is 12.8 Å². The lowest BCUT2D eigenvalue weighted by molar-refractivity contribution is -0.140. The minimum Gasteiger partial charge on any atom is -0.462 e. The molecule has 0 saturated heterocycles. The molecule has 0 rings (SSSR count). The van der Waals surface area contributed by atoms with Gasteiger partial charge in [-0.05, 0) is 12.8 Å². The molecule has 0 aromatic heterocycles. The predicted octanol–water partition coefficient (Wildman–Crippen LogP) is -0.814. The Morgan fingerprint density at radius 1 is 0.618 bits per heavy atom. The van der Waals surface area contributed by atoms with Crippen molar-refractivity contribution in [3.63, 3.8) is 0 Å². The maximum absolute atomic E-state index is 11.6. The third-order valence-electron chi connectivity index (χ3n) is 4.03. The van der Waals surface area contributed by atoms with Crippen LogP contribution < -0.4 is 21.3 Å². The number of carbonyl (C=O) groups excluding carboxylic acids is 6. The summed E-state index contributed by atoms with van der Waals surface area (Å²) in [6, 6.07) is 0. The summed E-state index contributed by atoms with van der Waals surface area (Å²) in [5, 5.41) is 10.1. The largest absolute Gasteiger partial charge is 0.462 e. The molecule has 0 aliphatic rings. The SMILES string of the molecule is CC(C)C(=O)NCC(=O)NCCCOC(=O)/C=C/C(=O)OCCCNC(=O)CNC(=O)C(C)C. The highest BCUT2D eigenvalue weighted by Crippen LogP contribution is 1.91. The molecular weight excluding hydrogens is 448 g/mol. The van der Waals surface area contributed by atoms with Gasteiger partial charge in [-0.25, -0.2) is 9.59 Å². The van der Waals surface area contributed by atoms with Gasteiger partial charge in [0.05, 0.1) is 26.3 Å². The van der Waals surface area contributed by atoms with Crippen LogP contribution in [0.15, 0.2) is 12.2 Å². The lowest BCUT2D eigenvalue weighted by Crippen LogP contribution is -2.39. The van der Waals surface area contributed by atoms with Crippen LogP contribution >= 0.6 is 0 Å². The van der Waals surface area contributed by atoms with E-state index in [-0.39, 0.29) is 74.9 Å². The zero-order valence-electron chi connectivity index (χ0n) is 20.2. The standard InChI is InChI=1S/C22H36N4O8/c1-15(2)21(31)25-13-17(27)23-9-5-11-33-19(29)7-8-20(30)34-12-6-10-24-18(28)14-26-22(32)16(3)4/h7-8,15-16H,5-6,9-14H2,1-4H3,(H,23,27)(H,24,28)(H,25,31)(H,26,32)/b8-7+. The molecule has 4 N–H and O–H groups in total. The zero-order valence-corrected chi connectivity index (χ0v) is 20.2. The third-order valence-corrected chi connectivity index (χ3v) is 4.03. The second-order valence-corrected chi connectivity index (χ2v) is 7.82. The van der Waals surface area contributed by atoms with Gasteiger partial charge in [-0.15, -0.1) is 0 Å². The molecule has 0 aromatic carbocycles. The first-order chi connectivity index (χ1) is 16.0. The van der Waals surface area contributed by atoms with Gasteiger partial charge in [0, 0.05) is 37.1 Å². The average Bonchev–Trinajstić information content (AvgIpc) is 2.78. The fourth-order valence-corrected chi connectivity index (χ4v) is 2.05. The molecule has 0 bridgehead atoms. The van der Waals surface area contributed by atoms with E-state index in [0.717, 1.165) is 12.2 Å².